The summed E-state index contributed by atoms with van der Waals surface area (Å²) >= 11 is 6.07. The molecule has 3 heterocycles. The fourth-order valence-electron chi connectivity index (χ4n) is 4.24. The van der Waals surface area contributed by atoms with E-state index in [0.717, 1.165) is 53.2 Å². The van der Waals surface area contributed by atoms with Crippen molar-refractivity contribution in [1.29, 1.82) is 0 Å². The predicted octanol–water partition coefficient (Wildman–Crippen LogP) is 5.28. The third-order valence-electron chi connectivity index (χ3n) is 5.81. The average molecular weight is 466 g/mol. The molecule has 33 heavy (non-hydrogen) atoms. The van der Waals surface area contributed by atoms with E-state index in [4.69, 9.17) is 21.1 Å². The number of halogens is 1. The third-order valence-corrected chi connectivity index (χ3v) is 6.04. The van der Waals surface area contributed by atoms with Gasteiger partial charge in [0.1, 0.15) is 18.2 Å². The van der Waals surface area contributed by atoms with Gasteiger partial charge in [0.05, 0.1) is 29.5 Å². The van der Waals surface area contributed by atoms with Crippen LogP contribution in [-0.2, 0) is 30.9 Å². The van der Waals surface area contributed by atoms with Crippen LogP contribution < -0.4 is 10.1 Å². The highest BCUT2D eigenvalue weighted by molar-refractivity contribution is 6.30. The van der Waals surface area contributed by atoms with Gasteiger partial charge in [-0.15, -0.1) is 0 Å². The maximum Gasteiger partial charge on any atom is 0.412 e. The van der Waals surface area contributed by atoms with Gasteiger partial charge in [-0.05, 0) is 55.8 Å². The molecule has 0 aliphatic carbocycles. The van der Waals surface area contributed by atoms with Gasteiger partial charge in [0.25, 0.3) is 0 Å². The van der Waals surface area contributed by atoms with Gasteiger partial charge in [-0.25, -0.2) is 9.78 Å². The molecule has 9 heteroatoms. The first-order valence-electron chi connectivity index (χ1n) is 10.9. The molecule has 5 rings (SSSR count). The number of methoxy groups -OCH3 is 1. The van der Waals surface area contributed by atoms with Gasteiger partial charge in [0, 0.05) is 35.8 Å². The van der Waals surface area contributed by atoms with Gasteiger partial charge in [-0.2, -0.15) is 5.10 Å². The number of nitrogens with zero attached hydrogens (tertiary/aromatic N) is 4. The fourth-order valence-corrected chi connectivity index (χ4v) is 4.40. The Morgan fingerprint density at radius 3 is 2.91 bits per heavy atom. The number of fused-ring (bicyclic) bond motifs is 3. The number of aromatic nitrogens is 4. The molecule has 170 valence electrons. The van der Waals surface area contributed by atoms with Crippen molar-refractivity contribution in [1.82, 2.24) is 19.3 Å². The summed E-state index contributed by atoms with van der Waals surface area (Å²) in [6, 6.07) is 13.0. The monoisotopic (exact) mass is 465 g/mol. The Bertz CT molecular complexity index is 1340. The zero-order valence-electron chi connectivity index (χ0n) is 18.5. The summed E-state index contributed by atoms with van der Waals surface area (Å²) in [6.45, 7) is 3.70. The van der Waals surface area contributed by atoms with Crippen LogP contribution in [0, 0.1) is 0 Å². The topological polar surface area (TPSA) is 83.2 Å². The zero-order valence-corrected chi connectivity index (χ0v) is 19.2. The number of aryl methyl sites for hydroxylation is 3. The van der Waals surface area contributed by atoms with Gasteiger partial charge in [-0.3, -0.25) is 10.00 Å². The van der Waals surface area contributed by atoms with Crippen LogP contribution in [0.2, 0.25) is 5.02 Å². The molecule has 0 atom stereocenters. The number of nitrogens with one attached hydrogen (secondary N) is 1. The number of amides is 1. The van der Waals surface area contributed by atoms with Gasteiger partial charge in [-0.1, -0.05) is 11.6 Å². The highest BCUT2D eigenvalue weighted by atomic mass is 35.5. The van der Waals surface area contributed by atoms with E-state index in [-0.39, 0.29) is 6.61 Å². The number of benzene rings is 2. The van der Waals surface area contributed by atoms with E-state index in [1.165, 1.54) is 0 Å². The lowest BCUT2D eigenvalue weighted by molar-refractivity contribution is 0.151. The standard InChI is InChI=1S/C24H24ClN5O3/c1-3-30-17(13-19(28-30)18-8-6-15(25)11-22(18)32-2)14-33-24(31)26-16-7-9-21-20(12-16)27-23-5-4-10-29(21)23/h6-9,11-13H,3-5,10,14H2,1-2H3,(H,26,31). The van der Waals surface area contributed by atoms with Crippen LogP contribution in [0.25, 0.3) is 22.3 Å². The molecule has 2 aromatic carbocycles. The molecule has 0 fully saturated rings. The zero-order chi connectivity index (χ0) is 22.9. The van der Waals surface area contributed by atoms with Crippen LogP contribution in [0.5, 0.6) is 5.75 Å². The number of hydrogen-bond acceptors (Lipinski definition) is 5. The van der Waals surface area contributed by atoms with E-state index in [2.05, 4.69) is 20.0 Å². The summed E-state index contributed by atoms with van der Waals surface area (Å²) in [5.41, 5.74) is 4.95. The Labute approximate surface area is 196 Å². The molecular formula is C24H24ClN5O3. The molecule has 0 saturated heterocycles. The molecule has 1 amide bonds. The lowest BCUT2D eigenvalue weighted by Crippen LogP contribution is -2.15. The molecular weight excluding hydrogens is 442 g/mol. The summed E-state index contributed by atoms with van der Waals surface area (Å²) < 4.78 is 15.0. The number of ether oxygens (including phenoxy) is 2. The molecule has 1 aliphatic heterocycles. The number of hydrogen-bond donors (Lipinski definition) is 1. The Balaban J connectivity index is 1.28. The van der Waals surface area contributed by atoms with Crippen LogP contribution >= 0.6 is 11.6 Å². The minimum atomic E-state index is -0.532. The Hall–Kier alpha value is -3.52. The van der Waals surface area contributed by atoms with E-state index in [1.807, 2.05) is 37.3 Å². The van der Waals surface area contributed by atoms with Crippen molar-refractivity contribution in [2.75, 3.05) is 12.4 Å². The van der Waals surface area contributed by atoms with E-state index >= 15 is 0 Å². The molecule has 1 N–H and O–H groups in total. The van der Waals surface area contributed by atoms with Crippen LogP contribution in [0.4, 0.5) is 10.5 Å². The normalized spacial score (nSPS) is 12.7. The quantitative estimate of drug-likeness (QED) is 0.419. The van der Waals surface area contributed by atoms with Gasteiger partial charge < -0.3 is 14.0 Å². The van der Waals surface area contributed by atoms with Crippen LogP contribution in [0.15, 0.2) is 42.5 Å². The van der Waals surface area contributed by atoms with Crippen LogP contribution in [0.3, 0.4) is 0 Å². The lowest BCUT2D eigenvalue weighted by atomic mass is 10.1. The van der Waals surface area contributed by atoms with Crippen LogP contribution in [0.1, 0.15) is 24.9 Å². The Morgan fingerprint density at radius 2 is 2.09 bits per heavy atom. The number of carbonyl (C=O) groups is 1. The third kappa shape index (κ3) is 4.14. The summed E-state index contributed by atoms with van der Waals surface area (Å²) in [7, 11) is 1.59. The van der Waals surface area contributed by atoms with Crippen molar-refractivity contribution in [3.05, 3.63) is 59.0 Å². The smallest absolute Gasteiger partial charge is 0.412 e. The van der Waals surface area contributed by atoms with E-state index in [1.54, 1.807) is 23.9 Å². The molecule has 0 unspecified atom stereocenters. The van der Waals surface area contributed by atoms with Gasteiger partial charge in [0.15, 0.2) is 0 Å². The number of rotatable bonds is 6. The second-order valence-corrected chi connectivity index (χ2v) is 8.31. The van der Waals surface area contributed by atoms with Crippen molar-refractivity contribution in [2.45, 2.75) is 39.5 Å². The van der Waals surface area contributed by atoms with Crippen LogP contribution in [-0.4, -0.2) is 32.5 Å². The van der Waals surface area contributed by atoms with Crippen molar-refractivity contribution in [3.8, 4) is 17.0 Å². The molecule has 0 bridgehead atoms. The fraction of sp³-hybridized carbons (Fsp3) is 0.292. The average Bonchev–Trinajstić information content (AvgIpc) is 3.51. The molecule has 0 radical (unpaired) electrons. The molecule has 4 aromatic rings. The number of anilines is 1. The Morgan fingerprint density at radius 1 is 1.21 bits per heavy atom. The summed E-state index contributed by atoms with van der Waals surface area (Å²) in [6.07, 6.45) is 1.59. The van der Waals surface area contributed by atoms with Gasteiger partial charge in [0.2, 0.25) is 0 Å². The minimum absolute atomic E-state index is 0.0869. The second kappa shape index (κ2) is 8.78. The minimum Gasteiger partial charge on any atom is -0.496 e. The highest BCUT2D eigenvalue weighted by Crippen LogP contribution is 2.32. The maximum atomic E-state index is 12.5. The first-order chi connectivity index (χ1) is 16.1. The van der Waals surface area contributed by atoms with Crippen molar-refractivity contribution in [2.24, 2.45) is 0 Å². The summed E-state index contributed by atoms with van der Waals surface area (Å²) in [4.78, 5) is 17.1. The van der Waals surface area contributed by atoms with Gasteiger partial charge >= 0.3 is 6.09 Å². The number of imidazole rings is 1. The predicted molar refractivity (Wildman–Crippen MR) is 127 cm³/mol. The van der Waals surface area contributed by atoms with Crippen molar-refractivity contribution in [3.63, 3.8) is 0 Å². The molecule has 0 saturated carbocycles. The van der Waals surface area contributed by atoms with Crippen molar-refractivity contribution >= 4 is 34.4 Å². The highest BCUT2D eigenvalue weighted by Gasteiger charge is 2.17. The lowest BCUT2D eigenvalue weighted by Gasteiger charge is -2.08. The first kappa shape index (κ1) is 21.3. The summed E-state index contributed by atoms with van der Waals surface area (Å²) in [5, 5.41) is 8.01. The van der Waals surface area contributed by atoms with E-state index in [0.29, 0.717) is 23.0 Å². The molecule has 0 spiro atoms. The largest absolute Gasteiger partial charge is 0.496 e. The Kier molecular flexibility index (Phi) is 5.68. The van der Waals surface area contributed by atoms with E-state index < -0.39 is 6.09 Å². The molecule has 1 aliphatic rings. The second-order valence-electron chi connectivity index (χ2n) is 7.87. The molecule has 2 aromatic heterocycles. The van der Waals surface area contributed by atoms with Crippen molar-refractivity contribution < 1.29 is 14.3 Å². The molecule has 8 nitrogen and oxygen atoms in total. The maximum absolute atomic E-state index is 12.5. The first-order valence-corrected chi connectivity index (χ1v) is 11.3. The SMILES string of the molecule is CCn1nc(-c2ccc(Cl)cc2OC)cc1COC(=O)Nc1ccc2c(c1)nc1n2CCC1. The number of carbonyl (C=O) groups excluding carboxylic acids is 1. The van der Waals surface area contributed by atoms with E-state index in [9.17, 15) is 4.79 Å². The summed E-state index contributed by atoms with van der Waals surface area (Å²) in [5.74, 6) is 1.74.